The van der Waals surface area contributed by atoms with Crippen LogP contribution in [-0.2, 0) is 19.1 Å². The molecule has 0 aliphatic carbocycles. The molecule has 1 aromatic carbocycles. The molecule has 0 atom stereocenters. The van der Waals surface area contributed by atoms with Gasteiger partial charge in [0.2, 0.25) is 5.82 Å². The van der Waals surface area contributed by atoms with Gasteiger partial charge in [-0.15, -0.1) is 0 Å². The summed E-state index contributed by atoms with van der Waals surface area (Å²) in [5.41, 5.74) is -1.22. The first-order valence-electron chi connectivity index (χ1n) is 8.71. The number of nitro groups is 1. The van der Waals surface area contributed by atoms with Gasteiger partial charge in [-0.25, -0.2) is 4.79 Å². The Morgan fingerprint density at radius 1 is 1.29 bits per heavy atom. The second-order valence-electron chi connectivity index (χ2n) is 6.72. The van der Waals surface area contributed by atoms with Gasteiger partial charge in [-0.2, -0.15) is 4.39 Å². The summed E-state index contributed by atoms with van der Waals surface area (Å²) in [5, 5.41) is 10.9. The van der Waals surface area contributed by atoms with Gasteiger partial charge in [0.1, 0.15) is 11.4 Å². The number of hydrogen-bond acceptors (Lipinski definition) is 7. The van der Waals surface area contributed by atoms with Gasteiger partial charge in [-0.05, 0) is 46.3 Å². The van der Waals surface area contributed by atoms with Gasteiger partial charge in [-0.3, -0.25) is 14.9 Å². The molecule has 154 valence electrons. The molecule has 0 N–H and O–H groups in total. The average molecular weight is 397 g/mol. The number of nitrogens with zero attached hydrogens (tertiary/aromatic N) is 1. The van der Waals surface area contributed by atoms with Crippen molar-refractivity contribution in [3.8, 4) is 5.75 Å². The fraction of sp³-hybridized carbons (Fsp3) is 0.474. The highest BCUT2D eigenvalue weighted by molar-refractivity contribution is 5.87. The number of carbonyl (C=O) groups excluding carboxylic acids is 2. The maximum atomic E-state index is 13.9. The number of hydrogen-bond donors (Lipinski definition) is 0. The molecule has 0 aliphatic heterocycles. The number of nitro benzene ring substituents is 1. The van der Waals surface area contributed by atoms with E-state index in [2.05, 4.69) is 0 Å². The van der Waals surface area contributed by atoms with Crippen molar-refractivity contribution in [3.05, 3.63) is 39.7 Å². The van der Waals surface area contributed by atoms with Gasteiger partial charge in [0, 0.05) is 18.1 Å². The Balaban J connectivity index is 2.86. The number of benzene rings is 1. The first-order valence-corrected chi connectivity index (χ1v) is 8.71. The van der Waals surface area contributed by atoms with Crippen molar-refractivity contribution < 1.29 is 33.1 Å². The maximum absolute atomic E-state index is 13.9. The second-order valence-corrected chi connectivity index (χ2v) is 6.72. The summed E-state index contributed by atoms with van der Waals surface area (Å²) >= 11 is 0. The second kappa shape index (κ2) is 10.4. The van der Waals surface area contributed by atoms with Crippen molar-refractivity contribution in [3.63, 3.8) is 0 Å². The van der Waals surface area contributed by atoms with E-state index in [4.69, 9.17) is 14.2 Å². The van der Waals surface area contributed by atoms with Crippen molar-refractivity contribution in [2.24, 2.45) is 0 Å². The minimum absolute atomic E-state index is 0.0119. The molecule has 0 fully saturated rings. The number of carbonyl (C=O) groups is 2. The van der Waals surface area contributed by atoms with Crippen LogP contribution in [0.3, 0.4) is 0 Å². The highest BCUT2D eigenvalue weighted by Crippen LogP contribution is 2.29. The summed E-state index contributed by atoms with van der Waals surface area (Å²) in [4.78, 5) is 33.2. The summed E-state index contributed by atoms with van der Waals surface area (Å²) < 4.78 is 29.3. The predicted molar refractivity (Wildman–Crippen MR) is 99.3 cm³/mol. The third-order valence-electron chi connectivity index (χ3n) is 3.16. The maximum Gasteiger partial charge on any atom is 0.330 e. The normalized spacial score (nSPS) is 11.3. The Kier molecular flexibility index (Phi) is 8.56. The molecule has 0 saturated carbocycles. The highest BCUT2D eigenvalue weighted by atomic mass is 19.1. The minimum atomic E-state index is -1.06. The van der Waals surface area contributed by atoms with Crippen LogP contribution in [0.15, 0.2) is 18.2 Å². The number of rotatable bonds is 9. The molecule has 28 heavy (non-hydrogen) atoms. The van der Waals surface area contributed by atoms with Crippen molar-refractivity contribution in [1.82, 2.24) is 0 Å². The topological polar surface area (TPSA) is 105 Å². The molecular weight excluding hydrogens is 373 g/mol. The van der Waals surface area contributed by atoms with Crippen LogP contribution in [0.25, 0.3) is 6.08 Å². The molecule has 1 aromatic rings. The molecule has 0 heterocycles. The third-order valence-corrected chi connectivity index (χ3v) is 3.16. The minimum Gasteiger partial charge on any atom is -0.493 e. The van der Waals surface area contributed by atoms with E-state index in [0.29, 0.717) is 6.42 Å². The van der Waals surface area contributed by atoms with Crippen LogP contribution < -0.4 is 4.74 Å². The summed E-state index contributed by atoms with van der Waals surface area (Å²) in [6.45, 7) is 7.11. The van der Waals surface area contributed by atoms with Crippen LogP contribution in [0.5, 0.6) is 5.75 Å². The Morgan fingerprint density at radius 2 is 1.96 bits per heavy atom. The zero-order chi connectivity index (χ0) is 21.3. The average Bonchev–Trinajstić information content (AvgIpc) is 2.56. The summed E-state index contributed by atoms with van der Waals surface area (Å²) in [5.74, 6) is -2.09. The predicted octanol–water partition coefficient (Wildman–Crippen LogP) is 3.81. The molecule has 0 spiro atoms. The van der Waals surface area contributed by atoms with Crippen LogP contribution in [0.4, 0.5) is 10.1 Å². The Morgan fingerprint density at radius 3 is 2.54 bits per heavy atom. The summed E-state index contributed by atoms with van der Waals surface area (Å²) in [7, 11) is 0. The molecule has 0 bridgehead atoms. The van der Waals surface area contributed by atoms with E-state index in [1.165, 1.54) is 6.08 Å². The first kappa shape index (κ1) is 23.1. The fourth-order valence-electron chi connectivity index (χ4n) is 2.09. The molecule has 0 aliphatic rings. The van der Waals surface area contributed by atoms with E-state index in [0.717, 1.165) is 18.2 Å². The summed E-state index contributed by atoms with van der Waals surface area (Å²) in [6, 6.07) is 1.84. The van der Waals surface area contributed by atoms with Crippen molar-refractivity contribution >= 4 is 23.7 Å². The SMILES string of the molecule is CCOC(=O)/C=C/c1cc(F)c([N+](=O)[O-])cc1OCCCC(=O)OC(C)(C)C. The molecule has 0 amide bonds. The zero-order valence-electron chi connectivity index (χ0n) is 16.3. The molecular formula is C19H24FNO7. The van der Waals surface area contributed by atoms with Crippen molar-refractivity contribution in [1.29, 1.82) is 0 Å². The lowest BCUT2D eigenvalue weighted by Crippen LogP contribution is -2.24. The van der Waals surface area contributed by atoms with E-state index in [9.17, 15) is 24.1 Å². The lowest BCUT2D eigenvalue weighted by Gasteiger charge is -2.19. The van der Waals surface area contributed by atoms with E-state index in [1.807, 2.05) is 0 Å². The molecule has 1 rings (SSSR count). The third kappa shape index (κ3) is 8.15. The molecule has 0 radical (unpaired) electrons. The highest BCUT2D eigenvalue weighted by Gasteiger charge is 2.19. The molecule has 0 unspecified atom stereocenters. The molecule has 0 aromatic heterocycles. The zero-order valence-corrected chi connectivity index (χ0v) is 16.3. The van der Waals surface area contributed by atoms with Crippen LogP contribution in [0.2, 0.25) is 0 Å². The van der Waals surface area contributed by atoms with Gasteiger partial charge in [0.15, 0.2) is 0 Å². The van der Waals surface area contributed by atoms with Crippen LogP contribution >= 0.6 is 0 Å². The van der Waals surface area contributed by atoms with E-state index in [-0.39, 0.29) is 30.9 Å². The van der Waals surface area contributed by atoms with Crippen LogP contribution in [-0.4, -0.2) is 35.7 Å². The van der Waals surface area contributed by atoms with E-state index >= 15 is 0 Å². The van der Waals surface area contributed by atoms with Crippen LogP contribution in [0.1, 0.15) is 46.1 Å². The first-order chi connectivity index (χ1) is 13.0. The van der Waals surface area contributed by atoms with Crippen LogP contribution in [0, 0.1) is 15.9 Å². The lowest BCUT2D eigenvalue weighted by molar-refractivity contribution is -0.387. The smallest absolute Gasteiger partial charge is 0.330 e. The standard InChI is InChI=1S/C19H24FNO7/c1-5-26-17(22)9-8-13-11-14(20)15(21(24)25)12-16(13)27-10-6-7-18(23)28-19(2,3)4/h8-9,11-12H,5-7,10H2,1-4H3/b9-8+. The van der Waals surface area contributed by atoms with Gasteiger partial charge in [-0.1, -0.05) is 0 Å². The summed E-state index contributed by atoms with van der Waals surface area (Å²) in [6.07, 6.45) is 2.70. The van der Waals surface area contributed by atoms with Crippen molar-refractivity contribution in [2.75, 3.05) is 13.2 Å². The van der Waals surface area contributed by atoms with E-state index in [1.54, 1.807) is 27.7 Å². The van der Waals surface area contributed by atoms with Gasteiger partial charge in [0.05, 0.1) is 24.2 Å². The Hall–Kier alpha value is -2.97. The molecule has 0 saturated heterocycles. The monoisotopic (exact) mass is 397 g/mol. The van der Waals surface area contributed by atoms with Gasteiger partial charge < -0.3 is 14.2 Å². The Bertz CT molecular complexity index is 753. The lowest BCUT2D eigenvalue weighted by atomic mass is 10.1. The van der Waals surface area contributed by atoms with Crippen molar-refractivity contribution in [2.45, 2.75) is 46.1 Å². The van der Waals surface area contributed by atoms with Gasteiger partial charge in [0.25, 0.3) is 0 Å². The van der Waals surface area contributed by atoms with E-state index < -0.39 is 34.0 Å². The number of ether oxygens (including phenoxy) is 3. The number of esters is 2. The Labute approximate surface area is 162 Å². The molecule has 9 heteroatoms. The fourth-order valence-corrected chi connectivity index (χ4v) is 2.09. The van der Waals surface area contributed by atoms with Gasteiger partial charge >= 0.3 is 17.6 Å². The molecule has 8 nitrogen and oxygen atoms in total. The number of halogens is 1. The quantitative estimate of drug-likeness (QED) is 0.205. The largest absolute Gasteiger partial charge is 0.493 e.